The molecule has 112 valence electrons. The Hall–Kier alpha value is -2.80. The molecule has 0 radical (unpaired) electrons. The van der Waals surface area contributed by atoms with Crippen LogP contribution >= 0.6 is 0 Å². The molecular formula is C18H18N2O2. The summed E-state index contributed by atoms with van der Waals surface area (Å²) in [5, 5.41) is 11.9. The second-order valence-corrected chi connectivity index (χ2v) is 4.89. The lowest BCUT2D eigenvalue weighted by Crippen LogP contribution is -2.26. The van der Waals surface area contributed by atoms with E-state index >= 15 is 0 Å². The van der Waals surface area contributed by atoms with Crippen LogP contribution in [0.5, 0.6) is 5.75 Å². The summed E-state index contributed by atoms with van der Waals surface area (Å²) in [6.07, 6.45) is 0. The Labute approximate surface area is 130 Å². The molecule has 2 aromatic carbocycles. The third-order valence-electron chi connectivity index (χ3n) is 3.27. The molecule has 0 aromatic heterocycles. The molecule has 0 fully saturated rings. The molecule has 1 amide bonds. The van der Waals surface area contributed by atoms with Crippen LogP contribution in [0.4, 0.5) is 0 Å². The molecule has 1 unspecified atom stereocenters. The lowest BCUT2D eigenvalue weighted by Gasteiger charge is -2.15. The van der Waals surface area contributed by atoms with Crippen LogP contribution in [-0.4, -0.2) is 12.5 Å². The zero-order valence-electron chi connectivity index (χ0n) is 12.7. The average Bonchev–Trinajstić information content (AvgIpc) is 2.55. The maximum Gasteiger partial charge on any atom is 0.251 e. The van der Waals surface area contributed by atoms with Gasteiger partial charge in [0.1, 0.15) is 5.75 Å². The quantitative estimate of drug-likeness (QED) is 0.918. The van der Waals surface area contributed by atoms with Crippen molar-refractivity contribution in [2.45, 2.75) is 19.9 Å². The smallest absolute Gasteiger partial charge is 0.251 e. The van der Waals surface area contributed by atoms with E-state index in [1.54, 1.807) is 30.3 Å². The van der Waals surface area contributed by atoms with Crippen molar-refractivity contribution in [1.29, 1.82) is 5.26 Å². The van der Waals surface area contributed by atoms with E-state index in [4.69, 9.17) is 10.00 Å². The van der Waals surface area contributed by atoms with Crippen molar-refractivity contribution in [3.05, 3.63) is 65.2 Å². The first kappa shape index (κ1) is 15.6. The lowest BCUT2D eigenvalue weighted by molar-refractivity contribution is 0.0939. The standard InChI is InChI=1S/C18H18N2O2/c1-3-22-17-9-5-8-16(11-17)18(21)20-13(2)15-7-4-6-14(10-15)12-19/h4-11,13H,3H2,1-2H3,(H,20,21). The third-order valence-corrected chi connectivity index (χ3v) is 3.27. The van der Waals surface area contributed by atoms with Gasteiger partial charge in [-0.15, -0.1) is 0 Å². The van der Waals surface area contributed by atoms with Gasteiger partial charge in [0.15, 0.2) is 0 Å². The number of carbonyl (C=O) groups excluding carboxylic acids is 1. The highest BCUT2D eigenvalue weighted by atomic mass is 16.5. The van der Waals surface area contributed by atoms with Gasteiger partial charge in [0.25, 0.3) is 5.91 Å². The Balaban J connectivity index is 2.10. The minimum Gasteiger partial charge on any atom is -0.494 e. The minimum absolute atomic E-state index is 0.170. The Morgan fingerprint density at radius 3 is 2.77 bits per heavy atom. The minimum atomic E-state index is -0.184. The van der Waals surface area contributed by atoms with Crippen molar-refractivity contribution in [1.82, 2.24) is 5.32 Å². The van der Waals surface area contributed by atoms with Crippen LogP contribution in [0.15, 0.2) is 48.5 Å². The van der Waals surface area contributed by atoms with Gasteiger partial charge in [0.05, 0.1) is 24.3 Å². The van der Waals surface area contributed by atoms with Gasteiger partial charge in [-0.3, -0.25) is 4.79 Å². The fraction of sp³-hybridized carbons (Fsp3) is 0.222. The normalized spacial score (nSPS) is 11.3. The van der Waals surface area contributed by atoms with E-state index < -0.39 is 0 Å². The molecule has 0 saturated carbocycles. The maximum absolute atomic E-state index is 12.3. The molecule has 0 aliphatic carbocycles. The highest BCUT2D eigenvalue weighted by Gasteiger charge is 2.12. The van der Waals surface area contributed by atoms with Gasteiger partial charge in [0.2, 0.25) is 0 Å². The van der Waals surface area contributed by atoms with Crippen molar-refractivity contribution >= 4 is 5.91 Å². The summed E-state index contributed by atoms with van der Waals surface area (Å²) in [6, 6.07) is 16.2. The Morgan fingerprint density at radius 1 is 1.27 bits per heavy atom. The van der Waals surface area contributed by atoms with Crippen LogP contribution in [0.25, 0.3) is 0 Å². The van der Waals surface area contributed by atoms with E-state index in [1.165, 1.54) is 0 Å². The fourth-order valence-electron chi connectivity index (χ4n) is 2.13. The molecule has 2 aromatic rings. The number of amides is 1. The summed E-state index contributed by atoms with van der Waals surface area (Å²) in [5.74, 6) is 0.505. The first-order chi connectivity index (χ1) is 10.6. The van der Waals surface area contributed by atoms with Gasteiger partial charge in [-0.1, -0.05) is 18.2 Å². The van der Waals surface area contributed by atoms with Crippen LogP contribution in [-0.2, 0) is 0 Å². The van der Waals surface area contributed by atoms with Crippen LogP contribution < -0.4 is 10.1 Å². The highest BCUT2D eigenvalue weighted by Crippen LogP contribution is 2.17. The number of nitriles is 1. The molecule has 0 aliphatic heterocycles. The second-order valence-electron chi connectivity index (χ2n) is 4.89. The van der Waals surface area contributed by atoms with E-state index in [0.29, 0.717) is 23.5 Å². The van der Waals surface area contributed by atoms with Crippen molar-refractivity contribution in [2.75, 3.05) is 6.61 Å². The van der Waals surface area contributed by atoms with Crippen LogP contribution in [0.1, 0.15) is 41.4 Å². The van der Waals surface area contributed by atoms with Gasteiger partial charge < -0.3 is 10.1 Å². The van der Waals surface area contributed by atoms with E-state index in [9.17, 15) is 4.79 Å². The molecule has 1 atom stereocenters. The Morgan fingerprint density at radius 2 is 2.05 bits per heavy atom. The summed E-state index contributed by atoms with van der Waals surface area (Å²) < 4.78 is 5.40. The molecule has 0 saturated heterocycles. The molecular weight excluding hydrogens is 276 g/mol. The largest absolute Gasteiger partial charge is 0.494 e. The second kappa shape index (κ2) is 7.28. The van der Waals surface area contributed by atoms with Crippen LogP contribution in [0.3, 0.4) is 0 Å². The van der Waals surface area contributed by atoms with Crippen molar-refractivity contribution in [2.24, 2.45) is 0 Å². The number of nitrogens with one attached hydrogen (secondary N) is 1. The summed E-state index contributed by atoms with van der Waals surface area (Å²) in [5.41, 5.74) is 2.03. The number of benzene rings is 2. The predicted molar refractivity (Wildman–Crippen MR) is 84.6 cm³/mol. The van der Waals surface area contributed by atoms with Crippen molar-refractivity contribution < 1.29 is 9.53 Å². The van der Waals surface area contributed by atoms with Gasteiger partial charge in [0, 0.05) is 5.56 Å². The van der Waals surface area contributed by atoms with Gasteiger partial charge in [-0.2, -0.15) is 5.26 Å². The predicted octanol–water partition coefficient (Wildman–Crippen LogP) is 3.45. The van der Waals surface area contributed by atoms with Gasteiger partial charge in [-0.05, 0) is 49.7 Å². The zero-order chi connectivity index (χ0) is 15.9. The van der Waals surface area contributed by atoms with Crippen LogP contribution in [0, 0.1) is 11.3 Å². The molecule has 0 bridgehead atoms. The first-order valence-corrected chi connectivity index (χ1v) is 7.18. The van der Waals surface area contributed by atoms with E-state index in [-0.39, 0.29) is 11.9 Å². The Kier molecular flexibility index (Phi) is 5.16. The summed E-state index contributed by atoms with van der Waals surface area (Å²) >= 11 is 0. The summed E-state index contributed by atoms with van der Waals surface area (Å²) in [7, 11) is 0. The summed E-state index contributed by atoms with van der Waals surface area (Å²) in [6.45, 7) is 4.35. The number of ether oxygens (including phenoxy) is 1. The topological polar surface area (TPSA) is 62.1 Å². The first-order valence-electron chi connectivity index (χ1n) is 7.18. The number of rotatable bonds is 5. The zero-order valence-corrected chi connectivity index (χ0v) is 12.7. The SMILES string of the molecule is CCOc1cccc(C(=O)NC(C)c2cccc(C#N)c2)c1. The monoisotopic (exact) mass is 294 g/mol. The molecule has 0 heterocycles. The highest BCUT2D eigenvalue weighted by molar-refractivity contribution is 5.94. The van der Waals surface area contributed by atoms with Crippen molar-refractivity contribution in [3.8, 4) is 11.8 Å². The van der Waals surface area contributed by atoms with Crippen molar-refractivity contribution in [3.63, 3.8) is 0 Å². The third kappa shape index (κ3) is 3.86. The van der Waals surface area contributed by atoms with Gasteiger partial charge >= 0.3 is 0 Å². The number of carbonyl (C=O) groups is 1. The molecule has 2 rings (SSSR count). The number of nitrogens with zero attached hydrogens (tertiary/aromatic N) is 1. The maximum atomic E-state index is 12.3. The lowest BCUT2D eigenvalue weighted by atomic mass is 10.1. The van der Waals surface area contributed by atoms with E-state index in [0.717, 1.165) is 5.56 Å². The number of hydrogen-bond donors (Lipinski definition) is 1. The molecule has 0 aliphatic rings. The van der Waals surface area contributed by atoms with Gasteiger partial charge in [-0.25, -0.2) is 0 Å². The molecule has 1 N–H and O–H groups in total. The summed E-state index contributed by atoms with van der Waals surface area (Å²) in [4.78, 5) is 12.3. The molecule has 4 nitrogen and oxygen atoms in total. The average molecular weight is 294 g/mol. The number of hydrogen-bond acceptors (Lipinski definition) is 3. The molecule has 0 spiro atoms. The Bertz CT molecular complexity index is 704. The molecule has 22 heavy (non-hydrogen) atoms. The van der Waals surface area contributed by atoms with Crippen LogP contribution in [0.2, 0.25) is 0 Å². The fourth-order valence-corrected chi connectivity index (χ4v) is 2.13. The molecule has 4 heteroatoms. The van der Waals surface area contributed by atoms with E-state index in [1.807, 2.05) is 32.0 Å². The van der Waals surface area contributed by atoms with E-state index in [2.05, 4.69) is 11.4 Å².